The van der Waals surface area contributed by atoms with E-state index in [1.54, 1.807) is 22.6 Å². The van der Waals surface area contributed by atoms with Crippen molar-refractivity contribution in [2.24, 2.45) is 0 Å². The first-order valence-electron chi connectivity index (χ1n) is 6.39. The molecule has 0 aromatic carbocycles. The highest BCUT2D eigenvalue weighted by Crippen LogP contribution is 2.25. The molecule has 0 fully saturated rings. The van der Waals surface area contributed by atoms with Crippen LogP contribution >= 0.6 is 22.6 Å². The van der Waals surface area contributed by atoms with Gasteiger partial charge in [-0.2, -0.15) is 13.2 Å². The Morgan fingerprint density at radius 2 is 1.41 bits per heavy atom. The number of halogens is 4. The molecule has 102 valence electrons. The predicted molar refractivity (Wildman–Crippen MR) is 75.4 cm³/mol. The summed E-state index contributed by atoms with van der Waals surface area (Å²) < 4.78 is 36.3. The van der Waals surface area contributed by atoms with E-state index in [1.807, 2.05) is 0 Å². The quantitative estimate of drug-likeness (QED) is 0.329. The summed E-state index contributed by atoms with van der Waals surface area (Å²) in [5, 5.41) is 0. The summed E-state index contributed by atoms with van der Waals surface area (Å²) in [6.07, 6.45) is 6.22. The Morgan fingerprint density at radius 1 is 0.941 bits per heavy atom. The highest BCUT2D eigenvalue weighted by Gasteiger charge is 2.23. The smallest absolute Gasteiger partial charge is 0.167 e. The Bertz CT molecular complexity index is 209. The van der Waals surface area contributed by atoms with Gasteiger partial charge in [-0.1, -0.05) is 51.9 Å². The second-order valence-electron chi connectivity index (χ2n) is 4.36. The second kappa shape index (κ2) is 10.2. The minimum absolute atomic E-state index is 0.412. The molecule has 0 spiro atoms. The number of alkyl halides is 3. The summed E-state index contributed by atoms with van der Waals surface area (Å²) in [6.45, 7) is 2.19. The molecule has 0 aliphatic carbocycles. The van der Waals surface area contributed by atoms with Crippen LogP contribution in [-0.2, 0) is 0 Å². The van der Waals surface area contributed by atoms with Gasteiger partial charge in [-0.25, -0.2) is 0 Å². The minimum Gasteiger partial charge on any atom is -0.167 e. The molecular weight excluding hydrogens is 340 g/mol. The van der Waals surface area contributed by atoms with Crippen LogP contribution in [-0.4, -0.2) is 6.18 Å². The van der Waals surface area contributed by atoms with Crippen molar-refractivity contribution in [3.8, 4) is 0 Å². The Balaban J connectivity index is 3.37. The van der Waals surface area contributed by atoms with Crippen molar-refractivity contribution in [3.05, 3.63) is 9.66 Å². The van der Waals surface area contributed by atoms with E-state index in [-0.39, 0.29) is 0 Å². The van der Waals surface area contributed by atoms with Gasteiger partial charge >= 0.3 is 6.18 Å². The Kier molecular flexibility index (Phi) is 10.4. The SMILES string of the molecule is CCCCCCCCCC/C(I)=C\C(F)(F)F. The second-order valence-corrected chi connectivity index (χ2v) is 5.74. The van der Waals surface area contributed by atoms with Gasteiger partial charge in [0, 0.05) is 6.08 Å². The zero-order valence-electron chi connectivity index (χ0n) is 10.5. The van der Waals surface area contributed by atoms with Gasteiger partial charge in [-0.3, -0.25) is 0 Å². The lowest BCUT2D eigenvalue weighted by Gasteiger charge is -2.03. The zero-order chi connectivity index (χ0) is 13.1. The van der Waals surface area contributed by atoms with Crippen LogP contribution in [0.15, 0.2) is 9.66 Å². The van der Waals surface area contributed by atoms with Crippen molar-refractivity contribution in [2.75, 3.05) is 0 Å². The third-order valence-corrected chi connectivity index (χ3v) is 3.44. The summed E-state index contributed by atoms with van der Waals surface area (Å²) in [4.78, 5) is 0. The first kappa shape index (κ1) is 17.3. The largest absolute Gasteiger partial charge is 0.410 e. The topological polar surface area (TPSA) is 0 Å². The molecular formula is C13H22F3I. The van der Waals surface area contributed by atoms with E-state index in [2.05, 4.69) is 6.92 Å². The Hall–Kier alpha value is 0.260. The van der Waals surface area contributed by atoms with Crippen LogP contribution in [0, 0.1) is 0 Å². The highest BCUT2D eigenvalue weighted by molar-refractivity contribution is 14.1. The lowest BCUT2D eigenvalue weighted by atomic mass is 10.1. The van der Waals surface area contributed by atoms with Crippen LogP contribution in [0.1, 0.15) is 64.7 Å². The standard InChI is InChI=1S/C13H22F3I/c1-2-3-4-5-6-7-8-9-10-12(17)11-13(14,15)16/h11H,2-10H2,1H3/b12-11+. The minimum atomic E-state index is -4.16. The van der Waals surface area contributed by atoms with Crippen molar-refractivity contribution in [1.82, 2.24) is 0 Å². The third kappa shape index (κ3) is 14.2. The van der Waals surface area contributed by atoms with Gasteiger partial charge in [0.25, 0.3) is 0 Å². The number of unbranched alkanes of at least 4 members (excludes halogenated alkanes) is 7. The molecule has 0 saturated heterocycles. The molecule has 17 heavy (non-hydrogen) atoms. The Labute approximate surface area is 116 Å². The molecule has 0 aliphatic heterocycles. The molecule has 0 atom stereocenters. The Morgan fingerprint density at radius 3 is 1.88 bits per heavy atom. The van der Waals surface area contributed by atoms with Gasteiger partial charge in [-0.05, 0) is 39.0 Å². The molecule has 0 aromatic heterocycles. The maximum absolute atomic E-state index is 12.0. The van der Waals surface area contributed by atoms with Crippen molar-refractivity contribution in [3.63, 3.8) is 0 Å². The average Bonchev–Trinajstić information content (AvgIpc) is 2.19. The van der Waals surface area contributed by atoms with E-state index in [4.69, 9.17) is 0 Å². The first-order chi connectivity index (χ1) is 7.95. The molecule has 0 aliphatic rings. The molecule has 0 nitrogen and oxygen atoms in total. The molecule has 0 unspecified atom stereocenters. The molecule has 0 aromatic rings. The van der Waals surface area contributed by atoms with E-state index >= 15 is 0 Å². The number of hydrogen-bond acceptors (Lipinski definition) is 0. The average molecular weight is 362 g/mol. The van der Waals surface area contributed by atoms with Gasteiger partial charge in [-0.15, -0.1) is 0 Å². The number of allylic oxidation sites excluding steroid dienone is 2. The fourth-order valence-electron chi connectivity index (χ4n) is 1.68. The van der Waals surface area contributed by atoms with Crippen molar-refractivity contribution >= 4 is 22.6 Å². The van der Waals surface area contributed by atoms with Crippen LogP contribution in [0.25, 0.3) is 0 Å². The van der Waals surface area contributed by atoms with E-state index in [1.165, 1.54) is 32.1 Å². The monoisotopic (exact) mass is 362 g/mol. The van der Waals surface area contributed by atoms with Crippen molar-refractivity contribution < 1.29 is 13.2 Å². The van der Waals surface area contributed by atoms with E-state index in [9.17, 15) is 13.2 Å². The van der Waals surface area contributed by atoms with Gasteiger partial charge in [0.1, 0.15) is 0 Å². The van der Waals surface area contributed by atoms with E-state index in [0.717, 1.165) is 19.3 Å². The van der Waals surface area contributed by atoms with E-state index < -0.39 is 6.18 Å². The maximum atomic E-state index is 12.0. The van der Waals surface area contributed by atoms with E-state index in [0.29, 0.717) is 16.1 Å². The lowest BCUT2D eigenvalue weighted by molar-refractivity contribution is -0.0801. The number of rotatable bonds is 9. The fraction of sp³-hybridized carbons (Fsp3) is 0.846. The van der Waals surface area contributed by atoms with Gasteiger partial charge in [0.05, 0.1) is 0 Å². The molecule has 0 saturated carbocycles. The molecule has 0 radical (unpaired) electrons. The molecule has 0 heterocycles. The summed E-state index contributed by atoms with van der Waals surface area (Å²) >= 11 is 1.79. The first-order valence-corrected chi connectivity index (χ1v) is 7.47. The molecule has 0 N–H and O–H groups in total. The van der Waals surface area contributed by atoms with Gasteiger partial charge in [0.2, 0.25) is 0 Å². The third-order valence-electron chi connectivity index (χ3n) is 2.59. The summed E-state index contributed by atoms with van der Waals surface area (Å²) in [5.74, 6) is 0. The molecule has 0 bridgehead atoms. The van der Waals surface area contributed by atoms with Gasteiger partial charge in [0.15, 0.2) is 0 Å². The van der Waals surface area contributed by atoms with Crippen LogP contribution in [0.2, 0.25) is 0 Å². The molecule has 0 rings (SSSR count). The van der Waals surface area contributed by atoms with Crippen molar-refractivity contribution in [2.45, 2.75) is 70.9 Å². The zero-order valence-corrected chi connectivity index (χ0v) is 12.6. The van der Waals surface area contributed by atoms with Crippen LogP contribution < -0.4 is 0 Å². The van der Waals surface area contributed by atoms with Crippen molar-refractivity contribution in [1.29, 1.82) is 0 Å². The maximum Gasteiger partial charge on any atom is 0.410 e. The van der Waals surface area contributed by atoms with Crippen LogP contribution in [0.4, 0.5) is 13.2 Å². The summed E-state index contributed by atoms with van der Waals surface area (Å²) in [5.41, 5.74) is 0. The fourth-order valence-corrected chi connectivity index (χ4v) is 2.41. The molecule has 0 amide bonds. The lowest BCUT2D eigenvalue weighted by Crippen LogP contribution is -2.01. The van der Waals surface area contributed by atoms with Crippen LogP contribution in [0.3, 0.4) is 0 Å². The number of hydrogen-bond donors (Lipinski definition) is 0. The highest BCUT2D eigenvalue weighted by atomic mass is 127. The molecule has 4 heteroatoms. The summed E-state index contributed by atoms with van der Waals surface area (Å²) in [7, 11) is 0. The normalized spacial score (nSPS) is 13.1. The predicted octanol–water partition coefficient (Wildman–Crippen LogP) is 6.40. The van der Waals surface area contributed by atoms with Crippen LogP contribution in [0.5, 0.6) is 0 Å². The van der Waals surface area contributed by atoms with Gasteiger partial charge < -0.3 is 0 Å². The summed E-state index contributed by atoms with van der Waals surface area (Å²) in [6, 6.07) is 0.